The zero-order valence-electron chi connectivity index (χ0n) is 14.3. The lowest BCUT2D eigenvalue weighted by atomic mass is 9.98. The topological polar surface area (TPSA) is 75.7 Å². The third-order valence-corrected chi connectivity index (χ3v) is 5.64. The highest BCUT2D eigenvalue weighted by Gasteiger charge is 2.27. The van der Waals surface area contributed by atoms with Gasteiger partial charge >= 0.3 is 0 Å². The molecule has 1 aromatic rings. The first-order valence-electron chi connectivity index (χ1n) is 8.37. The van der Waals surface area contributed by atoms with E-state index in [1.54, 1.807) is 38.3 Å². The van der Waals surface area contributed by atoms with Gasteiger partial charge in [0.2, 0.25) is 10.0 Å². The summed E-state index contributed by atoms with van der Waals surface area (Å²) in [4.78, 5) is 14.7. The minimum Gasteiger partial charge on any atom is -0.385 e. The van der Waals surface area contributed by atoms with Crippen molar-refractivity contribution < 1.29 is 17.9 Å². The number of rotatable bonds is 7. The van der Waals surface area contributed by atoms with Crippen LogP contribution in [0.4, 0.5) is 5.69 Å². The molecule has 0 bridgehead atoms. The molecule has 1 atom stereocenters. The molecule has 1 aliphatic rings. The fourth-order valence-corrected chi connectivity index (χ4v) is 3.56. The number of methoxy groups -OCH3 is 1. The Morgan fingerprint density at radius 1 is 1.29 bits per heavy atom. The number of carbonyl (C=O) groups excluding carboxylic acids is 1. The fraction of sp³-hybridized carbons (Fsp3) is 0.588. The molecule has 7 heteroatoms. The number of ether oxygens (including phenoxy) is 1. The molecule has 1 saturated heterocycles. The quantitative estimate of drug-likeness (QED) is 0.816. The van der Waals surface area contributed by atoms with Crippen LogP contribution in [0.5, 0.6) is 0 Å². The number of hydrogen-bond donors (Lipinski definition) is 1. The summed E-state index contributed by atoms with van der Waals surface area (Å²) in [6.07, 6.45) is 4.00. The van der Waals surface area contributed by atoms with Gasteiger partial charge in [0.1, 0.15) is 0 Å². The van der Waals surface area contributed by atoms with E-state index in [2.05, 4.69) is 4.72 Å². The van der Waals surface area contributed by atoms with Crippen molar-refractivity contribution in [1.29, 1.82) is 0 Å². The van der Waals surface area contributed by atoms with E-state index in [0.29, 0.717) is 17.9 Å². The molecule has 0 spiro atoms. The van der Waals surface area contributed by atoms with Crippen LogP contribution >= 0.6 is 0 Å². The van der Waals surface area contributed by atoms with Gasteiger partial charge in [-0.25, -0.2) is 8.42 Å². The van der Waals surface area contributed by atoms with E-state index < -0.39 is 10.0 Å². The standard InChI is InChI=1S/C17H26N2O4S/c1-3-24(21,22)18-15-9-7-14(8-10-15)17(20)19-12-5-4-6-16(19)11-13-23-2/h7-10,16,18H,3-6,11-13H2,1-2H3. The van der Waals surface area contributed by atoms with E-state index in [9.17, 15) is 13.2 Å². The van der Waals surface area contributed by atoms with E-state index in [0.717, 1.165) is 32.2 Å². The average molecular weight is 354 g/mol. The summed E-state index contributed by atoms with van der Waals surface area (Å²) in [5.41, 5.74) is 1.06. The highest BCUT2D eigenvalue weighted by Crippen LogP contribution is 2.23. The second-order valence-electron chi connectivity index (χ2n) is 6.01. The van der Waals surface area contributed by atoms with E-state index in [1.807, 2.05) is 4.90 Å². The summed E-state index contributed by atoms with van der Waals surface area (Å²) in [6.45, 7) is 2.99. The van der Waals surface area contributed by atoms with Crippen LogP contribution in [0.2, 0.25) is 0 Å². The number of sulfonamides is 1. The molecule has 0 aliphatic carbocycles. The number of nitrogens with one attached hydrogen (secondary N) is 1. The summed E-state index contributed by atoms with van der Waals surface area (Å²) in [7, 11) is -1.63. The highest BCUT2D eigenvalue weighted by molar-refractivity contribution is 7.92. The molecule has 0 radical (unpaired) electrons. The summed E-state index contributed by atoms with van der Waals surface area (Å²) in [5, 5.41) is 0. The van der Waals surface area contributed by atoms with Gasteiger partial charge in [-0.15, -0.1) is 0 Å². The number of amides is 1. The normalized spacial score (nSPS) is 18.4. The second kappa shape index (κ2) is 8.48. The first kappa shape index (κ1) is 18.7. The molecular weight excluding hydrogens is 328 g/mol. The largest absolute Gasteiger partial charge is 0.385 e. The molecule has 2 rings (SSSR count). The Balaban J connectivity index is 2.08. The zero-order chi connectivity index (χ0) is 17.6. The number of anilines is 1. The minimum absolute atomic E-state index is 0.000650. The van der Waals surface area contributed by atoms with Gasteiger partial charge < -0.3 is 9.64 Å². The second-order valence-corrected chi connectivity index (χ2v) is 8.02. The van der Waals surface area contributed by atoms with Crippen LogP contribution in [0.3, 0.4) is 0 Å². The maximum atomic E-state index is 12.8. The van der Waals surface area contributed by atoms with E-state index in [-0.39, 0.29) is 17.7 Å². The number of carbonyl (C=O) groups is 1. The maximum absolute atomic E-state index is 12.8. The average Bonchev–Trinajstić information content (AvgIpc) is 2.60. The van der Waals surface area contributed by atoms with Gasteiger partial charge in [0.25, 0.3) is 5.91 Å². The monoisotopic (exact) mass is 354 g/mol. The van der Waals surface area contributed by atoms with Crippen molar-refractivity contribution in [2.45, 2.75) is 38.6 Å². The van der Waals surface area contributed by atoms with Crippen molar-refractivity contribution in [3.05, 3.63) is 29.8 Å². The summed E-state index contributed by atoms with van der Waals surface area (Å²) in [6, 6.07) is 6.84. The Bertz CT molecular complexity index is 643. The Hall–Kier alpha value is -1.60. The predicted octanol–water partition coefficient (Wildman–Crippen LogP) is 2.48. The molecule has 1 fully saturated rings. The number of piperidine rings is 1. The van der Waals surface area contributed by atoms with E-state index >= 15 is 0 Å². The zero-order valence-corrected chi connectivity index (χ0v) is 15.1. The summed E-state index contributed by atoms with van der Waals surface area (Å²) >= 11 is 0. The SMILES string of the molecule is CCS(=O)(=O)Nc1ccc(C(=O)N2CCCCC2CCOC)cc1. The lowest BCUT2D eigenvalue weighted by molar-refractivity contribution is 0.0553. The first-order valence-corrected chi connectivity index (χ1v) is 10.0. The number of hydrogen-bond acceptors (Lipinski definition) is 4. The molecule has 1 N–H and O–H groups in total. The highest BCUT2D eigenvalue weighted by atomic mass is 32.2. The number of nitrogens with zero attached hydrogens (tertiary/aromatic N) is 1. The van der Waals surface area contributed by atoms with Crippen molar-refractivity contribution in [1.82, 2.24) is 4.90 Å². The smallest absolute Gasteiger partial charge is 0.254 e. The molecule has 1 aromatic carbocycles. The van der Waals surface area contributed by atoms with Crippen molar-refractivity contribution >= 4 is 21.6 Å². The number of likely N-dealkylation sites (tertiary alicyclic amines) is 1. The third-order valence-electron chi connectivity index (χ3n) is 4.33. The van der Waals surface area contributed by atoms with Crippen molar-refractivity contribution in [3.8, 4) is 0 Å². The molecule has 6 nitrogen and oxygen atoms in total. The molecule has 24 heavy (non-hydrogen) atoms. The summed E-state index contributed by atoms with van der Waals surface area (Å²) in [5.74, 6) is 0.0172. The number of benzene rings is 1. The molecule has 0 aromatic heterocycles. The van der Waals surface area contributed by atoms with Gasteiger partial charge in [-0.2, -0.15) is 0 Å². The predicted molar refractivity (Wildman–Crippen MR) is 94.7 cm³/mol. The Morgan fingerprint density at radius 2 is 2.00 bits per heavy atom. The van der Waals surface area contributed by atoms with Crippen LogP contribution in [0.15, 0.2) is 24.3 Å². The van der Waals surface area contributed by atoms with Crippen LogP contribution in [0.25, 0.3) is 0 Å². The molecule has 1 heterocycles. The van der Waals surface area contributed by atoms with Crippen molar-refractivity contribution in [2.24, 2.45) is 0 Å². The molecule has 0 saturated carbocycles. The van der Waals surface area contributed by atoms with Crippen LogP contribution in [-0.4, -0.2) is 51.3 Å². The molecular formula is C17H26N2O4S. The Morgan fingerprint density at radius 3 is 2.62 bits per heavy atom. The molecule has 1 amide bonds. The van der Waals surface area contributed by atoms with Gasteiger partial charge in [-0.1, -0.05) is 0 Å². The van der Waals surface area contributed by atoms with Gasteiger partial charge in [0.05, 0.1) is 5.75 Å². The molecule has 1 unspecified atom stereocenters. The van der Waals surface area contributed by atoms with Gasteiger partial charge in [0.15, 0.2) is 0 Å². The summed E-state index contributed by atoms with van der Waals surface area (Å²) < 4.78 is 30.8. The molecule has 134 valence electrons. The van der Waals surface area contributed by atoms with Gasteiger partial charge in [0, 0.05) is 37.6 Å². The van der Waals surface area contributed by atoms with Crippen LogP contribution < -0.4 is 4.72 Å². The Kier molecular flexibility index (Phi) is 6.62. The maximum Gasteiger partial charge on any atom is 0.254 e. The molecule has 1 aliphatic heterocycles. The van der Waals surface area contributed by atoms with Crippen LogP contribution in [-0.2, 0) is 14.8 Å². The van der Waals surface area contributed by atoms with E-state index in [4.69, 9.17) is 4.74 Å². The van der Waals surface area contributed by atoms with Crippen LogP contribution in [0.1, 0.15) is 43.0 Å². The first-order chi connectivity index (χ1) is 11.5. The van der Waals surface area contributed by atoms with Crippen LogP contribution in [0, 0.1) is 0 Å². The van der Waals surface area contributed by atoms with Crippen molar-refractivity contribution in [2.75, 3.05) is 30.7 Å². The van der Waals surface area contributed by atoms with Gasteiger partial charge in [-0.05, 0) is 56.9 Å². The third kappa shape index (κ3) is 4.95. The van der Waals surface area contributed by atoms with Crippen molar-refractivity contribution in [3.63, 3.8) is 0 Å². The minimum atomic E-state index is -3.30. The fourth-order valence-electron chi connectivity index (χ4n) is 2.92. The lowest BCUT2D eigenvalue weighted by Gasteiger charge is -2.36. The Labute approximate surface area is 144 Å². The van der Waals surface area contributed by atoms with E-state index in [1.165, 1.54) is 0 Å². The lowest BCUT2D eigenvalue weighted by Crippen LogP contribution is -2.44. The van der Waals surface area contributed by atoms with Gasteiger partial charge in [-0.3, -0.25) is 9.52 Å².